The lowest BCUT2D eigenvalue weighted by molar-refractivity contribution is -0.118. The molecule has 0 radical (unpaired) electrons. The van der Waals surface area contributed by atoms with Crippen LogP contribution in [0.1, 0.15) is 24.0 Å². The number of Topliss-reactive ketones (excluding diaryl/α,β-unsaturated/α-hetero) is 1. The van der Waals surface area contributed by atoms with Crippen molar-refractivity contribution in [1.82, 2.24) is 9.97 Å². The van der Waals surface area contributed by atoms with E-state index in [1.165, 1.54) is 5.56 Å². The highest BCUT2D eigenvalue weighted by molar-refractivity contribution is 5.80. The van der Waals surface area contributed by atoms with Crippen LogP contribution < -0.4 is 4.90 Å². The van der Waals surface area contributed by atoms with Gasteiger partial charge in [-0.05, 0) is 54.3 Å². The standard InChI is InChI=1S/C22H23N3O/c1-25(21-7-4-14-24-17-21)20-11-9-18(10-12-20)5-2-8-22(26)15-19-6-3-13-23-16-19/h3-4,6-7,9-14,16-17H,2,5,8,15H2,1H3. The lowest BCUT2D eigenvalue weighted by Gasteiger charge is -2.19. The highest BCUT2D eigenvalue weighted by Crippen LogP contribution is 2.23. The predicted molar refractivity (Wildman–Crippen MR) is 105 cm³/mol. The molecule has 0 aliphatic carbocycles. The Labute approximate surface area is 154 Å². The van der Waals surface area contributed by atoms with E-state index in [2.05, 4.69) is 39.1 Å². The molecular weight excluding hydrogens is 322 g/mol. The second-order valence-corrected chi connectivity index (χ2v) is 6.37. The summed E-state index contributed by atoms with van der Waals surface area (Å²) >= 11 is 0. The van der Waals surface area contributed by atoms with Crippen molar-refractivity contribution >= 4 is 17.2 Å². The normalized spacial score (nSPS) is 10.5. The monoisotopic (exact) mass is 345 g/mol. The van der Waals surface area contributed by atoms with Crippen LogP contribution in [-0.4, -0.2) is 22.8 Å². The maximum Gasteiger partial charge on any atom is 0.137 e. The fourth-order valence-corrected chi connectivity index (χ4v) is 2.90. The van der Waals surface area contributed by atoms with Crippen molar-refractivity contribution in [2.24, 2.45) is 0 Å². The van der Waals surface area contributed by atoms with E-state index in [9.17, 15) is 4.79 Å². The van der Waals surface area contributed by atoms with Crippen LogP contribution in [0.25, 0.3) is 0 Å². The smallest absolute Gasteiger partial charge is 0.137 e. The lowest BCUT2D eigenvalue weighted by atomic mass is 10.0. The van der Waals surface area contributed by atoms with Crippen molar-refractivity contribution in [1.29, 1.82) is 0 Å². The van der Waals surface area contributed by atoms with Crippen LogP contribution in [0.3, 0.4) is 0 Å². The van der Waals surface area contributed by atoms with Crippen molar-refractivity contribution < 1.29 is 4.79 Å². The molecule has 0 unspecified atom stereocenters. The number of nitrogens with zero attached hydrogens (tertiary/aromatic N) is 3. The van der Waals surface area contributed by atoms with E-state index < -0.39 is 0 Å². The van der Waals surface area contributed by atoms with Crippen LogP contribution in [0.5, 0.6) is 0 Å². The molecule has 1 aromatic carbocycles. The third kappa shape index (κ3) is 4.99. The Balaban J connectivity index is 1.48. The number of anilines is 2. The molecule has 0 bridgehead atoms. The van der Waals surface area contributed by atoms with Crippen LogP contribution in [0.4, 0.5) is 11.4 Å². The lowest BCUT2D eigenvalue weighted by Crippen LogP contribution is -2.09. The van der Waals surface area contributed by atoms with E-state index in [-0.39, 0.29) is 5.78 Å². The fraction of sp³-hybridized carbons (Fsp3) is 0.227. The number of carbonyl (C=O) groups excluding carboxylic acids is 1. The Bertz CT molecular complexity index is 817. The number of benzene rings is 1. The van der Waals surface area contributed by atoms with Crippen molar-refractivity contribution in [3.63, 3.8) is 0 Å². The van der Waals surface area contributed by atoms with E-state index in [1.807, 2.05) is 37.5 Å². The van der Waals surface area contributed by atoms with E-state index in [0.29, 0.717) is 12.8 Å². The molecule has 0 aliphatic rings. The van der Waals surface area contributed by atoms with Gasteiger partial charge in [-0.25, -0.2) is 0 Å². The van der Waals surface area contributed by atoms with Crippen LogP contribution in [-0.2, 0) is 17.6 Å². The number of aromatic nitrogens is 2. The van der Waals surface area contributed by atoms with Crippen molar-refractivity contribution in [2.75, 3.05) is 11.9 Å². The quantitative estimate of drug-likeness (QED) is 0.608. The molecule has 0 N–H and O–H groups in total. The largest absolute Gasteiger partial charge is 0.343 e. The van der Waals surface area contributed by atoms with Gasteiger partial charge in [0.2, 0.25) is 0 Å². The molecule has 0 saturated carbocycles. The first kappa shape index (κ1) is 17.8. The topological polar surface area (TPSA) is 46.1 Å². The molecule has 0 aliphatic heterocycles. The Morgan fingerprint density at radius 1 is 0.885 bits per heavy atom. The molecule has 0 amide bonds. The van der Waals surface area contributed by atoms with Gasteiger partial charge < -0.3 is 4.90 Å². The maximum absolute atomic E-state index is 12.1. The van der Waals surface area contributed by atoms with Gasteiger partial charge in [0.05, 0.1) is 11.9 Å². The minimum atomic E-state index is 0.269. The summed E-state index contributed by atoms with van der Waals surface area (Å²) in [6.07, 6.45) is 9.97. The van der Waals surface area contributed by atoms with Gasteiger partial charge in [0, 0.05) is 44.2 Å². The minimum Gasteiger partial charge on any atom is -0.343 e. The number of pyridine rings is 2. The van der Waals surface area contributed by atoms with Gasteiger partial charge in [0.15, 0.2) is 0 Å². The molecule has 3 aromatic rings. The van der Waals surface area contributed by atoms with Gasteiger partial charge in [0.1, 0.15) is 5.78 Å². The molecule has 0 saturated heterocycles. The van der Waals surface area contributed by atoms with Gasteiger partial charge >= 0.3 is 0 Å². The van der Waals surface area contributed by atoms with Gasteiger partial charge in [-0.2, -0.15) is 0 Å². The summed E-state index contributed by atoms with van der Waals surface area (Å²) in [6, 6.07) is 16.3. The molecule has 3 rings (SSSR count). The maximum atomic E-state index is 12.1. The van der Waals surface area contributed by atoms with E-state index >= 15 is 0 Å². The Hall–Kier alpha value is -3.01. The molecule has 2 aromatic heterocycles. The molecular formula is C22H23N3O. The summed E-state index contributed by atoms with van der Waals surface area (Å²) in [7, 11) is 2.03. The van der Waals surface area contributed by atoms with Gasteiger partial charge in [-0.1, -0.05) is 18.2 Å². The highest BCUT2D eigenvalue weighted by atomic mass is 16.1. The van der Waals surface area contributed by atoms with Gasteiger partial charge in [0.25, 0.3) is 0 Å². The summed E-state index contributed by atoms with van der Waals surface area (Å²) in [5.74, 6) is 0.269. The molecule has 0 fully saturated rings. The number of hydrogen-bond acceptors (Lipinski definition) is 4. The van der Waals surface area contributed by atoms with Gasteiger partial charge in [-0.15, -0.1) is 0 Å². The average Bonchev–Trinajstić information content (AvgIpc) is 2.69. The zero-order valence-electron chi connectivity index (χ0n) is 15.0. The Morgan fingerprint density at radius 3 is 2.27 bits per heavy atom. The second-order valence-electron chi connectivity index (χ2n) is 6.37. The van der Waals surface area contributed by atoms with Crippen molar-refractivity contribution in [3.8, 4) is 0 Å². The van der Waals surface area contributed by atoms with Crippen molar-refractivity contribution in [2.45, 2.75) is 25.7 Å². The second kappa shape index (κ2) is 8.90. The molecule has 0 spiro atoms. The summed E-state index contributed by atoms with van der Waals surface area (Å²) < 4.78 is 0. The number of aryl methyl sites for hydroxylation is 1. The van der Waals surface area contributed by atoms with E-state index in [0.717, 1.165) is 29.8 Å². The zero-order valence-corrected chi connectivity index (χ0v) is 15.0. The third-order valence-electron chi connectivity index (χ3n) is 4.40. The van der Waals surface area contributed by atoms with Gasteiger partial charge in [-0.3, -0.25) is 14.8 Å². The van der Waals surface area contributed by atoms with E-state index in [4.69, 9.17) is 0 Å². The molecule has 0 atom stereocenters. The SMILES string of the molecule is CN(c1ccc(CCCC(=O)Cc2cccnc2)cc1)c1cccnc1. The first-order valence-corrected chi connectivity index (χ1v) is 8.85. The molecule has 4 heteroatoms. The minimum absolute atomic E-state index is 0.269. The number of hydrogen-bond donors (Lipinski definition) is 0. The molecule has 26 heavy (non-hydrogen) atoms. The van der Waals surface area contributed by atoms with Crippen LogP contribution in [0.2, 0.25) is 0 Å². The number of ketones is 1. The Morgan fingerprint density at radius 2 is 1.62 bits per heavy atom. The predicted octanol–water partition coefficient (Wildman–Crippen LogP) is 4.38. The average molecular weight is 345 g/mol. The van der Waals surface area contributed by atoms with Crippen LogP contribution in [0.15, 0.2) is 73.3 Å². The number of carbonyl (C=O) groups is 1. The zero-order chi connectivity index (χ0) is 18.2. The molecule has 132 valence electrons. The van der Waals surface area contributed by atoms with Crippen LogP contribution in [0, 0.1) is 0 Å². The summed E-state index contributed by atoms with van der Waals surface area (Å²) in [5.41, 5.74) is 4.42. The highest BCUT2D eigenvalue weighted by Gasteiger charge is 2.06. The Kier molecular flexibility index (Phi) is 6.09. The first-order valence-electron chi connectivity index (χ1n) is 8.85. The summed E-state index contributed by atoms with van der Waals surface area (Å²) in [5, 5.41) is 0. The number of rotatable bonds is 8. The first-order chi connectivity index (χ1) is 12.7. The molecule has 2 heterocycles. The van der Waals surface area contributed by atoms with Crippen molar-refractivity contribution in [3.05, 3.63) is 84.4 Å². The summed E-state index contributed by atoms with van der Waals surface area (Å²) in [6.45, 7) is 0. The summed E-state index contributed by atoms with van der Waals surface area (Å²) in [4.78, 5) is 22.4. The van der Waals surface area contributed by atoms with E-state index in [1.54, 1.807) is 18.6 Å². The van der Waals surface area contributed by atoms with Crippen LogP contribution >= 0.6 is 0 Å². The fourth-order valence-electron chi connectivity index (χ4n) is 2.90. The molecule has 4 nitrogen and oxygen atoms in total. The third-order valence-corrected chi connectivity index (χ3v) is 4.40.